The van der Waals surface area contributed by atoms with E-state index in [1.165, 1.54) is 18.4 Å². The number of sulfonamides is 1. The van der Waals surface area contributed by atoms with Crippen molar-refractivity contribution >= 4 is 27.2 Å². The molecule has 0 amide bonds. The largest absolute Gasteiger partial charge is 0.365 e. The predicted molar refractivity (Wildman–Crippen MR) is 88.6 cm³/mol. The third kappa shape index (κ3) is 4.02. The number of nitrogens with zero attached hydrogens (tertiary/aromatic N) is 2. The lowest BCUT2D eigenvalue weighted by Gasteiger charge is -2.17. The van der Waals surface area contributed by atoms with Gasteiger partial charge in [0.25, 0.3) is 0 Å². The first-order valence-electron chi connectivity index (χ1n) is 6.82. The van der Waals surface area contributed by atoms with Crippen LogP contribution in [0.25, 0.3) is 0 Å². The quantitative estimate of drug-likeness (QED) is 0.873. The number of rotatable bonds is 5. The topological polar surface area (TPSA) is 84.0 Å². The van der Waals surface area contributed by atoms with Crippen molar-refractivity contribution in [2.24, 2.45) is 0 Å². The van der Waals surface area contributed by atoms with Gasteiger partial charge in [-0.25, -0.2) is 23.1 Å². The molecule has 6 nitrogen and oxygen atoms in total. The average molecular weight is 340 g/mol. The average Bonchev–Trinajstić information content (AvgIpc) is 2.94. The Kier molecular flexibility index (Phi) is 4.84. The summed E-state index contributed by atoms with van der Waals surface area (Å²) in [5.74, 6) is 1.49. The molecule has 0 aromatic carbocycles. The molecular weight excluding hydrogens is 320 g/mol. The summed E-state index contributed by atoms with van der Waals surface area (Å²) in [6.45, 7) is 6.69. The van der Waals surface area contributed by atoms with Crippen molar-refractivity contribution in [2.75, 3.05) is 12.4 Å². The molecule has 2 aromatic heterocycles. The van der Waals surface area contributed by atoms with Gasteiger partial charge in [0.15, 0.2) is 0 Å². The standard InChI is InChI=1S/C14H20N4O2S2/c1-14(2,3)13-16-8-7-11(18-13)17-9-10-5-6-12(21-10)22(19,20)15-4/h5-8,15H,9H2,1-4H3,(H,16,17,18). The van der Waals surface area contributed by atoms with E-state index >= 15 is 0 Å². The Balaban J connectivity index is 2.08. The summed E-state index contributed by atoms with van der Waals surface area (Å²) in [7, 11) is -1.97. The van der Waals surface area contributed by atoms with E-state index in [0.29, 0.717) is 10.8 Å². The van der Waals surface area contributed by atoms with E-state index in [1.54, 1.807) is 24.4 Å². The second-order valence-corrected chi connectivity index (χ2v) is 9.08. The Labute approximate surface area is 135 Å². The lowest BCUT2D eigenvalue weighted by atomic mass is 9.96. The zero-order valence-electron chi connectivity index (χ0n) is 13.0. The molecule has 0 atom stereocenters. The molecule has 0 bridgehead atoms. The number of thiophene rings is 1. The van der Waals surface area contributed by atoms with Crippen molar-refractivity contribution < 1.29 is 8.42 Å². The van der Waals surface area contributed by atoms with Crippen LogP contribution in [-0.2, 0) is 22.0 Å². The molecule has 0 aliphatic rings. The summed E-state index contributed by atoms with van der Waals surface area (Å²) in [6.07, 6.45) is 1.72. The lowest BCUT2D eigenvalue weighted by Crippen LogP contribution is -2.17. The number of aromatic nitrogens is 2. The van der Waals surface area contributed by atoms with Gasteiger partial charge in [0.1, 0.15) is 15.9 Å². The van der Waals surface area contributed by atoms with Gasteiger partial charge in [0.05, 0.1) is 6.54 Å². The van der Waals surface area contributed by atoms with E-state index in [-0.39, 0.29) is 5.41 Å². The number of hydrogen-bond acceptors (Lipinski definition) is 6. The molecule has 2 N–H and O–H groups in total. The Morgan fingerprint density at radius 3 is 2.59 bits per heavy atom. The van der Waals surface area contributed by atoms with Crippen LogP contribution < -0.4 is 10.0 Å². The smallest absolute Gasteiger partial charge is 0.249 e. The summed E-state index contributed by atoms with van der Waals surface area (Å²) in [5.41, 5.74) is -0.116. The lowest BCUT2D eigenvalue weighted by molar-refractivity contribution is 0.546. The maximum absolute atomic E-state index is 11.7. The predicted octanol–water partition coefficient (Wildman–Crippen LogP) is 2.36. The van der Waals surface area contributed by atoms with Gasteiger partial charge in [0.2, 0.25) is 10.0 Å². The molecule has 0 saturated heterocycles. The van der Waals surface area contributed by atoms with Crippen LogP contribution in [-0.4, -0.2) is 25.4 Å². The van der Waals surface area contributed by atoms with Gasteiger partial charge in [0, 0.05) is 16.5 Å². The van der Waals surface area contributed by atoms with Gasteiger partial charge in [-0.05, 0) is 25.2 Å². The van der Waals surface area contributed by atoms with Crippen LogP contribution in [0.3, 0.4) is 0 Å². The Morgan fingerprint density at radius 2 is 1.95 bits per heavy atom. The second kappa shape index (κ2) is 6.31. The maximum Gasteiger partial charge on any atom is 0.249 e. The summed E-state index contributed by atoms with van der Waals surface area (Å²) >= 11 is 1.24. The highest BCUT2D eigenvalue weighted by Gasteiger charge is 2.17. The fourth-order valence-corrected chi connectivity index (χ4v) is 3.83. The third-order valence-electron chi connectivity index (χ3n) is 2.94. The van der Waals surface area contributed by atoms with Crippen molar-refractivity contribution in [3.63, 3.8) is 0 Å². The Bertz CT molecular complexity index is 748. The molecule has 8 heteroatoms. The second-order valence-electron chi connectivity index (χ2n) is 5.80. The van der Waals surface area contributed by atoms with Gasteiger partial charge in [-0.1, -0.05) is 20.8 Å². The van der Waals surface area contributed by atoms with Crippen LogP contribution in [0.4, 0.5) is 5.82 Å². The van der Waals surface area contributed by atoms with Crippen LogP contribution in [0.5, 0.6) is 0 Å². The zero-order valence-corrected chi connectivity index (χ0v) is 14.7. The minimum Gasteiger partial charge on any atom is -0.365 e. The van der Waals surface area contributed by atoms with E-state index in [9.17, 15) is 8.42 Å². The summed E-state index contributed by atoms with van der Waals surface area (Å²) < 4.78 is 26.0. The highest BCUT2D eigenvalue weighted by atomic mass is 32.2. The number of anilines is 1. The van der Waals surface area contributed by atoms with Crippen LogP contribution in [0.2, 0.25) is 0 Å². The molecule has 120 valence electrons. The van der Waals surface area contributed by atoms with Gasteiger partial charge in [-0.3, -0.25) is 0 Å². The highest BCUT2D eigenvalue weighted by Crippen LogP contribution is 2.23. The number of hydrogen-bond donors (Lipinski definition) is 2. The third-order valence-corrected chi connectivity index (χ3v) is 5.93. The van der Waals surface area contributed by atoms with Crippen molar-refractivity contribution in [2.45, 2.75) is 36.9 Å². The first-order valence-corrected chi connectivity index (χ1v) is 9.12. The van der Waals surface area contributed by atoms with E-state index < -0.39 is 10.0 Å². The molecule has 0 radical (unpaired) electrons. The number of nitrogens with one attached hydrogen (secondary N) is 2. The van der Waals surface area contributed by atoms with Crippen molar-refractivity contribution in [1.29, 1.82) is 0 Å². The Hall–Kier alpha value is -1.51. The summed E-state index contributed by atoms with van der Waals surface area (Å²) in [6, 6.07) is 5.20. The van der Waals surface area contributed by atoms with Crippen molar-refractivity contribution in [3.05, 3.63) is 35.1 Å². The summed E-state index contributed by atoms with van der Waals surface area (Å²) in [4.78, 5) is 9.68. The molecule has 0 aliphatic heterocycles. The monoisotopic (exact) mass is 340 g/mol. The van der Waals surface area contributed by atoms with Crippen LogP contribution in [0.1, 0.15) is 31.5 Å². The molecule has 0 aliphatic carbocycles. The van der Waals surface area contributed by atoms with Gasteiger partial charge < -0.3 is 5.32 Å². The normalized spacial score (nSPS) is 12.4. The minimum absolute atomic E-state index is 0.116. The molecule has 22 heavy (non-hydrogen) atoms. The SMILES string of the molecule is CNS(=O)(=O)c1ccc(CNc2ccnc(C(C)(C)C)n2)s1. The van der Waals surface area contributed by atoms with Crippen LogP contribution in [0.15, 0.2) is 28.6 Å². The maximum atomic E-state index is 11.7. The van der Waals surface area contributed by atoms with Gasteiger partial charge >= 0.3 is 0 Å². The molecule has 2 heterocycles. The molecule has 2 rings (SSSR count). The molecule has 0 saturated carbocycles. The van der Waals surface area contributed by atoms with Crippen molar-refractivity contribution in [3.8, 4) is 0 Å². The Morgan fingerprint density at radius 1 is 1.23 bits per heavy atom. The van der Waals surface area contributed by atoms with Gasteiger partial charge in [-0.15, -0.1) is 11.3 Å². The molecule has 0 unspecified atom stereocenters. The van der Waals surface area contributed by atoms with Crippen molar-refractivity contribution in [1.82, 2.24) is 14.7 Å². The molecule has 0 fully saturated rings. The van der Waals surface area contributed by atoms with E-state index in [0.717, 1.165) is 16.5 Å². The fourth-order valence-electron chi connectivity index (χ4n) is 1.69. The molecule has 0 spiro atoms. The fraction of sp³-hybridized carbons (Fsp3) is 0.429. The van der Waals surface area contributed by atoms with E-state index in [1.807, 2.05) is 0 Å². The first kappa shape index (κ1) is 16.9. The van der Waals surface area contributed by atoms with Crippen LogP contribution in [0, 0.1) is 0 Å². The molecular formula is C14H20N4O2S2. The molecule has 2 aromatic rings. The van der Waals surface area contributed by atoms with Crippen LogP contribution >= 0.6 is 11.3 Å². The highest BCUT2D eigenvalue weighted by molar-refractivity contribution is 7.91. The van der Waals surface area contributed by atoms with E-state index in [2.05, 4.69) is 40.8 Å². The first-order chi connectivity index (χ1) is 10.2. The summed E-state index contributed by atoms with van der Waals surface area (Å²) in [5, 5.41) is 3.20. The minimum atomic E-state index is -3.37. The van der Waals surface area contributed by atoms with E-state index in [4.69, 9.17) is 0 Å². The van der Waals surface area contributed by atoms with Gasteiger partial charge in [-0.2, -0.15) is 0 Å². The zero-order chi connectivity index (χ0) is 16.4.